The zero-order chi connectivity index (χ0) is 17.7. The first-order chi connectivity index (χ1) is 11.4. The predicted molar refractivity (Wildman–Crippen MR) is 92.2 cm³/mol. The molecule has 0 saturated carbocycles. The van der Waals surface area contributed by atoms with Gasteiger partial charge in [0.2, 0.25) is 0 Å². The van der Waals surface area contributed by atoms with Gasteiger partial charge in [0.25, 0.3) is 0 Å². The molecule has 2 aromatic rings. The summed E-state index contributed by atoms with van der Waals surface area (Å²) >= 11 is 0. The van der Waals surface area contributed by atoms with Gasteiger partial charge < -0.3 is 19.7 Å². The summed E-state index contributed by atoms with van der Waals surface area (Å²) < 4.78 is 10.5. The second kappa shape index (κ2) is 7.64. The highest BCUT2D eigenvalue weighted by molar-refractivity contribution is 5.86. The third kappa shape index (κ3) is 4.04. The number of carbonyl (C=O) groups excluding carboxylic acids is 1. The number of esters is 1. The lowest BCUT2D eigenvalue weighted by atomic mass is 9.94. The Hall–Kier alpha value is -2.11. The van der Waals surface area contributed by atoms with Crippen LogP contribution in [0.4, 0.5) is 0 Å². The molecule has 130 valence electrons. The zero-order valence-corrected chi connectivity index (χ0v) is 14.3. The highest BCUT2D eigenvalue weighted by atomic mass is 16.5. The van der Waals surface area contributed by atoms with Crippen molar-refractivity contribution in [1.82, 2.24) is 0 Å². The molecule has 24 heavy (non-hydrogen) atoms. The molecule has 5 heteroatoms. The highest BCUT2D eigenvalue weighted by Crippen LogP contribution is 2.26. The van der Waals surface area contributed by atoms with Gasteiger partial charge in [-0.15, -0.1) is 0 Å². The molecule has 0 amide bonds. The molecule has 0 radical (unpaired) electrons. The van der Waals surface area contributed by atoms with E-state index in [1.807, 2.05) is 36.4 Å². The van der Waals surface area contributed by atoms with Gasteiger partial charge in [-0.05, 0) is 35.4 Å². The van der Waals surface area contributed by atoms with Crippen molar-refractivity contribution in [3.63, 3.8) is 0 Å². The van der Waals surface area contributed by atoms with Gasteiger partial charge in [-0.1, -0.05) is 31.2 Å². The van der Waals surface area contributed by atoms with E-state index in [1.165, 1.54) is 0 Å². The van der Waals surface area contributed by atoms with E-state index in [0.29, 0.717) is 0 Å². The fourth-order valence-electron chi connectivity index (χ4n) is 2.29. The van der Waals surface area contributed by atoms with Crippen molar-refractivity contribution in [3.8, 4) is 5.75 Å². The van der Waals surface area contributed by atoms with Crippen LogP contribution in [0.15, 0.2) is 36.4 Å². The van der Waals surface area contributed by atoms with Gasteiger partial charge in [-0.2, -0.15) is 0 Å². The molecule has 0 heterocycles. The lowest BCUT2D eigenvalue weighted by Gasteiger charge is -2.24. The van der Waals surface area contributed by atoms with E-state index in [9.17, 15) is 15.0 Å². The Morgan fingerprint density at radius 3 is 2.38 bits per heavy atom. The summed E-state index contributed by atoms with van der Waals surface area (Å²) in [5.74, 6) is -0.0240. The molecule has 0 bridgehead atoms. The molecular weight excluding hydrogens is 308 g/mol. The van der Waals surface area contributed by atoms with E-state index in [0.717, 1.165) is 22.1 Å². The van der Waals surface area contributed by atoms with Crippen molar-refractivity contribution in [2.75, 3.05) is 26.9 Å². The van der Waals surface area contributed by atoms with Gasteiger partial charge in [-0.25, -0.2) is 0 Å². The molecule has 2 N–H and O–H groups in total. The third-order valence-electron chi connectivity index (χ3n) is 4.25. The number of aliphatic hydroxyl groups is 2. The summed E-state index contributed by atoms with van der Waals surface area (Å²) in [4.78, 5) is 12.3. The van der Waals surface area contributed by atoms with Gasteiger partial charge in [-0.3, -0.25) is 4.79 Å². The number of hydrogen-bond acceptors (Lipinski definition) is 5. The molecule has 0 unspecified atom stereocenters. The van der Waals surface area contributed by atoms with E-state index in [1.54, 1.807) is 21.0 Å². The van der Waals surface area contributed by atoms with Crippen molar-refractivity contribution < 1.29 is 24.5 Å². The molecular formula is C19H24O5. The van der Waals surface area contributed by atoms with Crippen LogP contribution in [0.25, 0.3) is 10.8 Å². The maximum Gasteiger partial charge on any atom is 0.313 e. The third-order valence-corrected chi connectivity index (χ3v) is 4.25. The number of methoxy groups -OCH3 is 1. The number of carbonyl (C=O) groups is 1. The number of hydrogen-bond donors (Lipinski definition) is 2. The summed E-state index contributed by atoms with van der Waals surface area (Å²) in [6.45, 7) is 2.93. The van der Waals surface area contributed by atoms with Crippen LogP contribution in [0.3, 0.4) is 0 Å². The minimum Gasteiger partial charge on any atom is -0.497 e. The van der Waals surface area contributed by atoms with Crippen LogP contribution in [-0.2, 0) is 9.53 Å². The average Bonchev–Trinajstić information content (AvgIpc) is 2.64. The monoisotopic (exact) mass is 332 g/mol. The van der Waals surface area contributed by atoms with Crippen LogP contribution in [0, 0.1) is 5.41 Å². The molecule has 0 spiro atoms. The molecule has 0 saturated heterocycles. The van der Waals surface area contributed by atoms with E-state index >= 15 is 0 Å². The van der Waals surface area contributed by atoms with E-state index in [-0.39, 0.29) is 25.8 Å². The molecule has 0 aliphatic carbocycles. The molecule has 1 atom stereocenters. The highest BCUT2D eigenvalue weighted by Gasteiger charge is 2.26. The van der Waals surface area contributed by atoms with Gasteiger partial charge in [0.15, 0.2) is 0 Å². The first kappa shape index (κ1) is 18.2. The van der Waals surface area contributed by atoms with Crippen molar-refractivity contribution in [1.29, 1.82) is 0 Å². The minimum absolute atomic E-state index is 0.0199. The summed E-state index contributed by atoms with van der Waals surface area (Å²) in [6.07, 6.45) is 0. The van der Waals surface area contributed by atoms with Crippen LogP contribution in [0.5, 0.6) is 5.75 Å². The minimum atomic E-state index is -0.824. The first-order valence-corrected chi connectivity index (χ1v) is 7.88. The summed E-state index contributed by atoms with van der Waals surface area (Å²) in [6, 6.07) is 11.6. The number of rotatable bonds is 7. The van der Waals surface area contributed by atoms with Crippen LogP contribution >= 0.6 is 0 Å². The lowest BCUT2D eigenvalue weighted by molar-refractivity contribution is -0.150. The van der Waals surface area contributed by atoms with Crippen LogP contribution < -0.4 is 4.74 Å². The van der Waals surface area contributed by atoms with Crippen LogP contribution in [0.2, 0.25) is 0 Å². The predicted octanol–water partition coefficient (Wildman–Crippen LogP) is 2.49. The SMILES string of the molecule is COc1ccc2cc([C@H](C)C(=O)OCC(C)(CO)CO)ccc2c1. The normalized spacial score (nSPS) is 12.9. The Labute approximate surface area is 141 Å². The van der Waals surface area contributed by atoms with E-state index < -0.39 is 11.3 Å². The van der Waals surface area contributed by atoms with Gasteiger partial charge in [0.1, 0.15) is 12.4 Å². The Bertz CT molecular complexity index is 706. The fourth-order valence-corrected chi connectivity index (χ4v) is 2.29. The zero-order valence-electron chi connectivity index (χ0n) is 14.3. The summed E-state index contributed by atoms with van der Waals surface area (Å²) in [5, 5.41) is 20.6. The fraction of sp³-hybridized carbons (Fsp3) is 0.421. The summed E-state index contributed by atoms with van der Waals surface area (Å²) in [7, 11) is 1.63. The molecule has 2 rings (SSSR count). The van der Waals surface area contributed by atoms with Crippen molar-refractivity contribution in [2.24, 2.45) is 5.41 Å². The maximum absolute atomic E-state index is 12.3. The smallest absolute Gasteiger partial charge is 0.313 e. The first-order valence-electron chi connectivity index (χ1n) is 7.88. The second-order valence-corrected chi connectivity index (χ2v) is 6.43. The Kier molecular flexibility index (Phi) is 5.80. The lowest BCUT2D eigenvalue weighted by Crippen LogP contribution is -2.33. The van der Waals surface area contributed by atoms with Gasteiger partial charge in [0.05, 0.1) is 26.2 Å². The second-order valence-electron chi connectivity index (χ2n) is 6.43. The quantitative estimate of drug-likeness (QED) is 0.762. The number of aliphatic hydroxyl groups excluding tert-OH is 2. The van der Waals surface area contributed by atoms with Crippen LogP contribution in [0.1, 0.15) is 25.3 Å². The standard InChI is InChI=1S/C19H24O5/c1-13(18(22)24-12-19(2,10-20)11-21)14-4-5-16-9-17(23-3)7-6-15(16)8-14/h4-9,13,20-21H,10-12H2,1-3H3/t13-/m0/s1. The molecule has 2 aromatic carbocycles. The van der Waals surface area contributed by atoms with Gasteiger partial charge >= 0.3 is 5.97 Å². The maximum atomic E-state index is 12.3. The molecule has 0 aromatic heterocycles. The van der Waals surface area contributed by atoms with Gasteiger partial charge in [0, 0.05) is 5.41 Å². The molecule has 0 aliphatic heterocycles. The van der Waals surface area contributed by atoms with Crippen LogP contribution in [-0.4, -0.2) is 43.1 Å². The largest absolute Gasteiger partial charge is 0.497 e. The summed E-state index contributed by atoms with van der Waals surface area (Å²) in [5.41, 5.74) is 0.0300. The van der Waals surface area contributed by atoms with E-state index in [4.69, 9.17) is 9.47 Å². The average molecular weight is 332 g/mol. The Morgan fingerprint density at radius 2 is 1.75 bits per heavy atom. The Balaban J connectivity index is 2.12. The number of fused-ring (bicyclic) bond motifs is 1. The van der Waals surface area contributed by atoms with E-state index in [2.05, 4.69) is 0 Å². The number of ether oxygens (including phenoxy) is 2. The topological polar surface area (TPSA) is 76.0 Å². The molecule has 0 aliphatic rings. The Morgan fingerprint density at radius 1 is 1.12 bits per heavy atom. The molecule has 0 fully saturated rings. The van der Waals surface area contributed by atoms with Crippen molar-refractivity contribution in [2.45, 2.75) is 19.8 Å². The number of benzene rings is 2. The van der Waals surface area contributed by atoms with Crippen molar-refractivity contribution >= 4 is 16.7 Å². The van der Waals surface area contributed by atoms with Crippen molar-refractivity contribution in [3.05, 3.63) is 42.0 Å². The molecule has 5 nitrogen and oxygen atoms in total.